The minimum atomic E-state index is -0.120. The third kappa shape index (κ3) is 3.51. The molecule has 3 aromatic rings. The summed E-state index contributed by atoms with van der Waals surface area (Å²) in [5.74, 6) is -0.120. The summed E-state index contributed by atoms with van der Waals surface area (Å²) < 4.78 is 7.57. The monoisotopic (exact) mass is 337 g/mol. The van der Waals surface area contributed by atoms with Crippen LogP contribution in [0.25, 0.3) is 5.65 Å². The fourth-order valence-corrected chi connectivity index (χ4v) is 3.20. The summed E-state index contributed by atoms with van der Waals surface area (Å²) in [4.78, 5) is 12.5. The molecular formula is C18H19N5O2. The van der Waals surface area contributed by atoms with Crippen molar-refractivity contribution < 1.29 is 9.53 Å². The number of nitrogens with one attached hydrogen (secondary N) is 1. The van der Waals surface area contributed by atoms with E-state index in [9.17, 15) is 4.79 Å². The number of rotatable bonds is 5. The minimum absolute atomic E-state index is 0.0310. The highest BCUT2D eigenvalue weighted by Gasteiger charge is 2.29. The molecule has 2 heterocycles. The maximum atomic E-state index is 12.5. The Kier molecular flexibility index (Phi) is 4.39. The second-order valence-electron chi connectivity index (χ2n) is 6.24. The summed E-state index contributed by atoms with van der Waals surface area (Å²) in [5.41, 5.74) is 2.25. The van der Waals surface area contributed by atoms with E-state index in [1.807, 2.05) is 30.3 Å². The molecule has 0 unspecified atom stereocenters. The number of tetrazole rings is 1. The van der Waals surface area contributed by atoms with Gasteiger partial charge in [0, 0.05) is 11.8 Å². The highest BCUT2D eigenvalue weighted by Crippen LogP contribution is 2.23. The number of nitrogens with zero attached hydrogens (tertiary/aromatic N) is 4. The van der Waals surface area contributed by atoms with Crippen LogP contribution >= 0.6 is 0 Å². The van der Waals surface area contributed by atoms with Crippen LogP contribution in [0.1, 0.15) is 35.2 Å². The molecule has 25 heavy (non-hydrogen) atoms. The molecule has 128 valence electrons. The van der Waals surface area contributed by atoms with Crippen LogP contribution in [0.3, 0.4) is 0 Å². The van der Waals surface area contributed by atoms with E-state index in [4.69, 9.17) is 4.74 Å². The van der Waals surface area contributed by atoms with Gasteiger partial charge in [0.25, 0.3) is 5.91 Å². The number of aromatic nitrogens is 4. The van der Waals surface area contributed by atoms with E-state index < -0.39 is 0 Å². The molecule has 1 saturated carbocycles. The molecule has 0 spiro atoms. The molecule has 1 aromatic carbocycles. The second kappa shape index (κ2) is 6.98. The van der Waals surface area contributed by atoms with Crippen molar-refractivity contribution in [2.24, 2.45) is 0 Å². The standard InChI is InChI=1S/C18H19N5O2/c24-18(14-9-10-23-17(11-14)20-21-22-23)19-15-7-4-8-16(15)25-12-13-5-2-1-3-6-13/h1-3,5-6,9-11,15-16H,4,7-8,12H2,(H,19,24)/t15-,16-/m1/s1. The predicted molar refractivity (Wildman–Crippen MR) is 90.9 cm³/mol. The molecule has 1 amide bonds. The molecule has 0 radical (unpaired) electrons. The van der Waals surface area contributed by atoms with Gasteiger partial charge >= 0.3 is 0 Å². The number of carbonyl (C=O) groups is 1. The van der Waals surface area contributed by atoms with E-state index in [2.05, 4.69) is 20.8 Å². The van der Waals surface area contributed by atoms with E-state index >= 15 is 0 Å². The van der Waals surface area contributed by atoms with Crippen molar-refractivity contribution in [2.75, 3.05) is 0 Å². The lowest BCUT2D eigenvalue weighted by Gasteiger charge is -2.21. The molecule has 4 rings (SSSR count). The van der Waals surface area contributed by atoms with Crippen LogP contribution in [-0.4, -0.2) is 38.1 Å². The van der Waals surface area contributed by atoms with Gasteiger partial charge in [-0.2, -0.15) is 0 Å². The third-order valence-corrected chi connectivity index (χ3v) is 4.54. The first kappa shape index (κ1) is 15.7. The number of ether oxygens (including phenoxy) is 1. The molecule has 1 aliphatic carbocycles. The zero-order valence-corrected chi connectivity index (χ0v) is 13.7. The van der Waals surface area contributed by atoms with Gasteiger partial charge in [0.05, 0.1) is 18.8 Å². The van der Waals surface area contributed by atoms with Gasteiger partial charge in [-0.3, -0.25) is 4.79 Å². The van der Waals surface area contributed by atoms with Crippen LogP contribution in [0.15, 0.2) is 48.7 Å². The normalized spacial score (nSPS) is 20.0. The van der Waals surface area contributed by atoms with Crippen molar-refractivity contribution in [1.29, 1.82) is 0 Å². The van der Waals surface area contributed by atoms with Crippen molar-refractivity contribution in [3.05, 3.63) is 59.8 Å². The van der Waals surface area contributed by atoms with Gasteiger partial charge in [0.1, 0.15) is 0 Å². The summed E-state index contributed by atoms with van der Waals surface area (Å²) in [6.45, 7) is 0.565. The lowest BCUT2D eigenvalue weighted by molar-refractivity contribution is 0.0272. The molecule has 1 N–H and O–H groups in total. The predicted octanol–water partition coefficient (Wildman–Crippen LogP) is 1.99. The Labute approximate surface area is 145 Å². The molecule has 0 saturated heterocycles. The fourth-order valence-electron chi connectivity index (χ4n) is 3.20. The molecule has 0 bridgehead atoms. The first-order valence-electron chi connectivity index (χ1n) is 8.44. The smallest absolute Gasteiger partial charge is 0.251 e. The number of hydrogen-bond acceptors (Lipinski definition) is 5. The Morgan fingerprint density at radius 1 is 1.24 bits per heavy atom. The van der Waals surface area contributed by atoms with E-state index in [1.54, 1.807) is 18.3 Å². The quantitative estimate of drug-likeness (QED) is 0.770. The second-order valence-corrected chi connectivity index (χ2v) is 6.24. The van der Waals surface area contributed by atoms with Crippen LogP contribution in [-0.2, 0) is 11.3 Å². The summed E-state index contributed by atoms with van der Waals surface area (Å²) in [6, 6.07) is 13.5. The average molecular weight is 337 g/mol. The molecule has 7 heteroatoms. The SMILES string of the molecule is O=C(N[C@@H]1CCC[C@H]1OCc1ccccc1)c1ccn2nnnc2c1. The Bertz CT molecular complexity index is 864. The number of amides is 1. The Morgan fingerprint density at radius 3 is 3.00 bits per heavy atom. The van der Waals surface area contributed by atoms with Crippen LogP contribution in [0.2, 0.25) is 0 Å². The third-order valence-electron chi connectivity index (χ3n) is 4.54. The van der Waals surface area contributed by atoms with Crippen LogP contribution < -0.4 is 5.32 Å². The molecule has 0 aliphatic heterocycles. The number of pyridine rings is 1. The number of benzene rings is 1. The minimum Gasteiger partial charge on any atom is -0.371 e. The van der Waals surface area contributed by atoms with Crippen LogP contribution in [0.4, 0.5) is 0 Å². The van der Waals surface area contributed by atoms with E-state index in [0.717, 1.165) is 24.8 Å². The largest absolute Gasteiger partial charge is 0.371 e. The van der Waals surface area contributed by atoms with Crippen molar-refractivity contribution in [3.8, 4) is 0 Å². The van der Waals surface area contributed by atoms with E-state index in [0.29, 0.717) is 17.8 Å². The maximum Gasteiger partial charge on any atom is 0.251 e. The van der Waals surface area contributed by atoms with Crippen molar-refractivity contribution in [1.82, 2.24) is 25.4 Å². The first-order valence-corrected chi connectivity index (χ1v) is 8.44. The Balaban J connectivity index is 1.39. The molecule has 1 aliphatic rings. The van der Waals surface area contributed by atoms with Gasteiger partial charge in [0.2, 0.25) is 0 Å². The van der Waals surface area contributed by atoms with Crippen molar-refractivity contribution in [3.63, 3.8) is 0 Å². The van der Waals surface area contributed by atoms with E-state index in [1.165, 1.54) is 4.52 Å². The van der Waals surface area contributed by atoms with Gasteiger partial charge in [-0.1, -0.05) is 30.3 Å². The lowest BCUT2D eigenvalue weighted by atomic mass is 10.1. The van der Waals surface area contributed by atoms with Gasteiger partial charge in [-0.15, -0.1) is 5.10 Å². The van der Waals surface area contributed by atoms with E-state index in [-0.39, 0.29) is 18.1 Å². The van der Waals surface area contributed by atoms with Crippen LogP contribution in [0, 0.1) is 0 Å². The van der Waals surface area contributed by atoms with Gasteiger partial charge in [0.15, 0.2) is 5.65 Å². The first-order chi connectivity index (χ1) is 12.3. The van der Waals surface area contributed by atoms with Gasteiger partial charge in [-0.05, 0) is 47.4 Å². The molecule has 1 fully saturated rings. The van der Waals surface area contributed by atoms with Crippen LogP contribution in [0.5, 0.6) is 0 Å². The molecule has 2 atom stereocenters. The number of fused-ring (bicyclic) bond motifs is 1. The summed E-state index contributed by atoms with van der Waals surface area (Å²) >= 11 is 0. The topological polar surface area (TPSA) is 81.4 Å². The molecule has 7 nitrogen and oxygen atoms in total. The van der Waals surface area contributed by atoms with Crippen molar-refractivity contribution in [2.45, 2.75) is 38.0 Å². The maximum absolute atomic E-state index is 12.5. The van der Waals surface area contributed by atoms with Crippen molar-refractivity contribution >= 4 is 11.6 Å². The molecular weight excluding hydrogens is 318 g/mol. The summed E-state index contributed by atoms with van der Waals surface area (Å²) in [6.07, 6.45) is 4.67. The number of hydrogen-bond donors (Lipinski definition) is 1. The highest BCUT2D eigenvalue weighted by atomic mass is 16.5. The van der Waals surface area contributed by atoms with Gasteiger partial charge < -0.3 is 10.1 Å². The fraction of sp³-hybridized carbons (Fsp3) is 0.333. The Morgan fingerprint density at radius 2 is 2.12 bits per heavy atom. The van der Waals surface area contributed by atoms with Gasteiger partial charge in [-0.25, -0.2) is 4.52 Å². The zero-order valence-electron chi connectivity index (χ0n) is 13.7. The lowest BCUT2D eigenvalue weighted by Crippen LogP contribution is -2.41. The Hall–Kier alpha value is -2.80. The summed E-state index contributed by atoms with van der Waals surface area (Å²) in [7, 11) is 0. The molecule has 2 aromatic heterocycles. The highest BCUT2D eigenvalue weighted by molar-refractivity contribution is 5.95. The summed E-state index contributed by atoms with van der Waals surface area (Å²) in [5, 5.41) is 14.3. The number of carbonyl (C=O) groups excluding carboxylic acids is 1. The zero-order chi connectivity index (χ0) is 17.1. The average Bonchev–Trinajstić information content (AvgIpc) is 3.29.